The van der Waals surface area contributed by atoms with Gasteiger partial charge in [-0.3, -0.25) is 4.79 Å². The van der Waals surface area contributed by atoms with Crippen LogP contribution < -0.4 is 11.1 Å². The van der Waals surface area contributed by atoms with Crippen molar-refractivity contribution in [1.29, 1.82) is 0 Å². The van der Waals surface area contributed by atoms with Crippen LogP contribution in [0.1, 0.15) is 28.1 Å². The van der Waals surface area contributed by atoms with Crippen molar-refractivity contribution in [2.24, 2.45) is 0 Å². The van der Waals surface area contributed by atoms with Gasteiger partial charge in [-0.05, 0) is 18.6 Å². The summed E-state index contributed by atoms with van der Waals surface area (Å²) >= 11 is 1.60. The lowest BCUT2D eigenvalue weighted by molar-refractivity contribution is 0.0945. The number of nitrogens with two attached hydrogens (primary N) is 1. The summed E-state index contributed by atoms with van der Waals surface area (Å²) in [5.41, 5.74) is 6.71. The molecule has 2 aromatic heterocycles. The maximum Gasteiger partial charge on any atom is 0.270 e. The van der Waals surface area contributed by atoms with Crippen molar-refractivity contribution in [1.82, 2.24) is 15.3 Å². The average Bonchev–Trinajstić information content (AvgIpc) is 2.84. The minimum Gasteiger partial charge on any atom is -0.384 e. The molecule has 2 rings (SSSR count). The van der Waals surface area contributed by atoms with Crippen LogP contribution in [-0.2, 0) is 13.0 Å². The van der Waals surface area contributed by atoms with Gasteiger partial charge in [-0.1, -0.05) is 13.0 Å². The number of nitrogen functional groups attached to an aromatic ring is 1. The van der Waals surface area contributed by atoms with Gasteiger partial charge in [-0.15, -0.1) is 11.3 Å². The van der Waals surface area contributed by atoms with E-state index in [1.165, 1.54) is 0 Å². The Hall–Kier alpha value is -1.95. The highest BCUT2D eigenvalue weighted by Gasteiger charge is 2.08. The van der Waals surface area contributed by atoms with E-state index in [0.29, 0.717) is 18.1 Å². The van der Waals surface area contributed by atoms with E-state index in [2.05, 4.69) is 22.2 Å². The molecule has 0 aliphatic carbocycles. The molecule has 94 valence electrons. The summed E-state index contributed by atoms with van der Waals surface area (Å²) in [6.45, 7) is 2.46. The first-order valence-electron chi connectivity index (χ1n) is 5.63. The van der Waals surface area contributed by atoms with E-state index < -0.39 is 0 Å². The lowest BCUT2D eigenvalue weighted by Crippen LogP contribution is -2.24. The van der Waals surface area contributed by atoms with Gasteiger partial charge in [0.05, 0.1) is 17.2 Å². The minimum atomic E-state index is -0.242. The van der Waals surface area contributed by atoms with E-state index in [1.54, 1.807) is 29.5 Å². The minimum absolute atomic E-state index is 0.242. The molecule has 0 radical (unpaired) electrons. The van der Waals surface area contributed by atoms with Crippen LogP contribution >= 0.6 is 11.3 Å². The Bertz CT molecular complexity index is 553. The number of hydrogen-bond donors (Lipinski definition) is 2. The summed E-state index contributed by atoms with van der Waals surface area (Å²) < 4.78 is 0. The zero-order valence-electron chi connectivity index (χ0n) is 10.0. The van der Waals surface area contributed by atoms with E-state index in [1.807, 2.05) is 5.38 Å². The molecule has 0 aliphatic heterocycles. The number of rotatable bonds is 4. The first-order chi connectivity index (χ1) is 8.69. The predicted octanol–water partition coefficient (Wildman–Crippen LogP) is 1.61. The van der Waals surface area contributed by atoms with Crippen LogP contribution in [0.25, 0.3) is 0 Å². The van der Waals surface area contributed by atoms with E-state index in [0.717, 1.165) is 17.1 Å². The third kappa shape index (κ3) is 3.04. The van der Waals surface area contributed by atoms with Gasteiger partial charge in [0.2, 0.25) is 0 Å². The fourth-order valence-electron chi connectivity index (χ4n) is 1.43. The molecule has 5 nitrogen and oxygen atoms in total. The lowest BCUT2D eigenvalue weighted by Gasteiger charge is -2.03. The molecule has 18 heavy (non-hydrogen) atoms. The predicted molar refractivity (Wildman–Crippen MR) is 71.3 cm³/mol. The molecule has 0 saturated carbocycles. The smallest absolute Gasteiger partial charge is 0.270 e. The Morgan fingerprint density at radius 3 is 2.94 bits per heavy atom. The second kappa shape index (κ2) is 5.59. The summed E-state index contributed by atoms with van der Waals surface area (Å²) in [5.74, 6) is 0.0953. The molecule has 2 aromatic rings. The van der Waals surface area contributed by atoms with Crippen molar-refractivity contribution in [2.75, 3.05) is 5.73 Å². The fourth-order valence-corrected chi connectivity index (χ4v) is 2.18. The van der Waals surface area contributed by atoms with Gasteiger partial charge in [0.15, 0.2) is 0 Å². The van der Waals surface area contributed by atoms with Crippen molar-refractivity contribution in [3.63, 3.8) is 0 Å². The molecule has 6 heteroatoms. The van der Waals surface area contributed by atoms with Gasteiger partial charge in [-0.2, -0.15) is 0 Å². The number of nitrogens with zero attached hydrogens (tertiary/aromatic N) is 2. The number of amides is 1. The van der Waals surface area contributed by atoms with Crippen LogP contribution in [0.5, 0.6) is 0 Å². The van der Waals surface area contributed by atoms with Crippen molar-refractivity contribution < 1.29 is 4.79 Å². The Balaban J connectivity index is 1.96. The first-order valence-corrected chi connectivity index (χ1v) is 6.51. The molecule has 0 atom stereocenters. The second-order valence-corrected chi connectivity index (χ2v) is 4.66. The van der Waals surface area contributed by atoms with E-state index >= 15 is 0 Å². The Labute approximate surface area is 109 Å². The highest BCUT2D eigenvalue weighted by atomic mass is 32.1. The van der Waals surface area contributed by atoms with Crippen molar-refractivity contribution in [3.05, 3.63) is 40.0 Å². The number of hydrogen-bond acceptors (Lipinski definition) is 5. The van der Waals surface area contributed by atoms with Gasteiger partial charge in [0, 0.05) is 5.38 Å². The zero-order chi connectivity index (χ0) is 13.0. The van der Waals surface area contributed by atoms with Crippen LogP contribution in [-0.4, -0.2) is 15.9 Å². The Kier molecular flexibility index (Phi) is 3.88. The number of aryl methyl sites for hydroxylation is 1. The number of nitrogens with one attached hydrogen (secondary N) is 1. The molecule has 0 bridgehead atoms. The molecule has 0 saturated heterocycles. The molecular weight excluding hydrogens is 248 g/mol. The molecule has 1 amide bonds. The number of carbonyl (C=O) groups excluding carboxylic acids is 1. The topological polar surface area (TPSA) is 80.9 Å². The third-order valence-corrected chi connectivity index (χ3v) is 3.38. The summed E-state index contributed by atoms with van der Waals surface area (Å²) in [6, 6.07) is 4.98. The molecule has 0 aliphatic rings. The molecule has 0 spiro atoms. The van der Waals surface area contributed by atoms with E-state index in [4.69, 9.17) is 5.73 Å². The van der Waals surface area contributed by atoms with E-state index in [9.17, 15) is 4.79 Å². The average molecular weight is 262 g/mol. The normalized spacial score (nSPS) is 10.3. The maximum atomic E-state index is 11.8. The van der Waals surface area contributed by atoms with Crippen LogP contribution in [0.3, 0.4) is 0 Å². The van der Waals surface area contributed by atoms with Crippen LogP contribution in [0, 0.1) is 0 Å². The third-order valence-electron chi connectivity index (χ3n) is 2.34. The standard InChI is InChI=1S/C12H14N4OS/c1-2-11-15-8(7-18-11)6-14-12(17)9-4-3-5-10(13)16-9/h3-5,7H,2,6H2,1H3,(H2,13,16)(H,14,17). The van der Waals surface area contributed by atoms with Crippen LogP contribution in [0.4, 0.5) is 5.82 Å². The number of pyridine rings is 1. The van der Waals surface area contributed by atoms with Crippen molar-refractivity contribution in [3.8, 4) is 0 Å². The van der Waals surface area contributed by atoms with Gasteiger partial charge in [-0.25, -0.2) is 9.97 Å². The maximum absolute atomic E-state index is 11.8. The first kappa shape index (κ1) is 12.5. The van der Waals surface area contributed by atoms with Crippen LogP contribution in [0.15, 0.2) is 23.6 Å². The lowest BCUT2D eigenvalue weighted by atomic mass is 10.3. The molecule has 0 unspecified atom stereocenters. The quantitative estimate of drug-likeness (QED) is 0.877. The van der Waals surface area contributed by atoms with E-state index in [-0.39, 0.29) is 5.91 Å². The Morgan fingerprint density at radius 1 is 1.44 bits per heavy atom. The largest absolute Gasteiger partial charge is 0.384 e. The summed E-state index contributed by atoms with van der Waals surface area (Å²) in [4.78, 5) is 20.1. The highest BCUT2D eigenvalue weighted by molar-refractivity contribution is 7.09. The number of carbonyl (C=O) groups is 1. The van der Waals surface area contributed by atoms with Gasteiger partial charge in [0.1, 0.15) is 11.5 Å². The van der Waals surface area contributed by atoms with Gasteiger partial charge < -0.3 is 11.1 Å². The van der Waals surface area contributed by atoms with Gasteiger partial charge >= 0.3 is 0 Å². The molecule has 3 N–H and O–H groups in total. The second-order valence-electron chi connectivity index (χ2n) is 3.72. The molecule has 0 fully saturated rings. The van der Waals surface area contributed by atoms with Gasteiger partial charge in [0.25, 0.3) is 5.91 Å². The number of aromatic nitrogens is 2. The summed E-state index contributed by atoms with van der Waals surface area (Å²) in [6.07, 6.45) is 0.912. The highest BCUT2D eigenvalue weighted by Crippen LogP contribution is 2.10. The molecular formula is C12H14N4OS. The zero-order valence-corrected chi connectivity index (χ0v) is 10.8. The molecule has 2 heterocycles. The van der Waals surface area contributed by atoms with Crippen molar-refractivity contribution >= 4 is 23.1 Å². The Morgan fingerprint density at radius 2 is 2.28 bits per heavy atom. The SMILES string of the molecule is CCc1nc(CNC(=O)c2cccc(N)n2)cs1. The molecule has 0 aromatic carbocycles. The number of thiazole rings is 1. The fraction of sp³-hybridized carbons (Fsp3) is 0.250. The monoisotopic (exact) mass is 262 g/mol. The summed E-state index contributed by atoms with van der Waals surface area (Å²) in [7, 11) is 0. The summed E-state index contributed by atoms with van der Waals surface area (Å²) in [5, 5.41) is 5.79. The van der Waals surface area contributed by atoms with Crippen LogP contribution in [0.2, 0.25) is 0 Å². The van der Waals surface area contributed by atoms with Crippen molar-refractivity contribution in [2.45, 2.75) is 19.9 Å². The number of anilines is 1.